The van der Waals surface area contributed by atoms with Crippen LogP contribution in [-0.4, -0.2) is 25.0 Å². The lowest BCUT2D eigenvalue weighted by atomic mass is 10.1. The molecule has 0 saturated carbocycles. The molecule has 222 valence electrons. The van der Waals surface area contributed by atoms with Crippen LogP contribution in [0.15, 0.2) is 12.1 Å². The SMILES string of the molecule is CCCCCCCCCCCCS(=O)Cc1cc(C)c(O)c(CS(=O)CCCCCCCCCCCC)c1. The first-order valence-electron chi connectivity index (χ1n) is 16.0. The number of rotatable bonds is 26. The second-order valence-corrected chi connectivity index (χ2v) is 14.5. The molecule has 38 heavy (non-hydrogen) atoms. The zero-order valence-electron chi connectivity index (χ0n) is 25.2. The molecule has 0 aliphatic rings. The van der Waals surface area contributed by atoms with Crippen molar-refractivity contribution in [2.45, 2.75) is 161 Å². The van der Waals surface area contributed by atoms with Gasteiger partial charge in [-0.15, -0.1) is 0 Å². The van der Waals surface area contributed by atoms with E-state index in [9.17, 15) is 13.5 Å². The normalized spacial score (nSPS) is 13.1. The second kappa shape index (κ2) is 24.1. The van der Waals surface area contributed by atoms with Crippen molar-refractivity contribution in [3.05, 3.63) is 28.8 Å². The van der Waals surface area contributed by atoms with Gasteiger partial charge in [-0.25, -0.2) is 0 Å². The summed E-state index contributed by atoms with van der Waals surface area (Å²) in [5.74, 6) is 2.62. The zero-order valence-corrected chi connectivity index (χ0v) is 26.8. The zero-order chi connectivity index (χ0) is 27.8. The van der Waals surface area contributed by atoms with E-state index < -0.39 is 21.6 Å². The molecule has 1 rings (SSSR count). The van der Waals surface area contributed by atoms with Gasteiger partial charge in [-0.2, -0.15) is 0 Å². The molecule has 2 atom stereocenters. The van der Waals surface area contributed by atoms with Gasteiger partial charge in [-0.1, -0.05) is 142 Å². The van der Waals surface area contributed by atoms with Crippen LogP contribution in [0.4, 0.5) is 0 Å². The number of unbranched alkanes of at least 4 members (excludes halogenated alkanes) is 18. The largest absolute Gasteiger partial charge is 0.507 e. The second-order valence-electron chi connectivity index (χ2n) is 11.4. The van der Waals surface area contributed by atoms with Crippen LogP contribution in [0.5, 0.6) is 5.75 Å². The van der Waals surface area contributed by atoms with Gasteiger partial charge in [0, 0.05) is 44.4 Å². The van der Waals surface area contributed by atoms with Crippen LogP contribution in [0.25, 0.3) is 0 Å². The minimum absolute atomic E-state index is 0.255. The van der Waals surface area contributed by atoms with Crippen molar-refractivity contribution in [2.24, 2.45) is 0 Å². The number of phenols is 1. The van der Waals surface area contributed by atoms with E-state index in [4.69, 9.17) is 0 Å². The molecule has 3 nitrogen and oxygen atoms in total. The van der Waals surface area contributed by atoms with Gasteiger partial charge < -0.3 is 5.11 Å². The molecule has 1 aromatic rings. The van der Waals surface area contributed by atoms with Crippen molar-refractivity contribution >= 4 is 21.6 Å². The predicted molar refractivity (Wildman–Crippen MR) is 170 cm³/mol. The quantitative estimate of drug-likeness (QED) is 0.113. The highest BCUT2D eigenvalue weighted by Crippen LogP contribution is 2.26. The fraction of sp³-hybridized carbons (Fsp3) is 0.818. The number of hydrogen-bond acceptors (Lipinski definition) is 3. The highest BCUT2D eigenvalue weighted by molar-refractivity contribution is 7.84. The molecule has 0 radical (unpaired) electrons. The summed E-state index contributed by atoms with van der Waals surface area (Å²) in [6.07, 6.45) is 25.6. The first kappa shape index (κ1) is 35.3. The monoisotopic (exact) mass is 568 g/mol. The van der Waals surface area contributed by atoms with Crippen molar-refractivity contribution in [3.8, 4) is 5.75 Å². The molecule has 2 unspecified atom stereocenters. The first-order chi connectivity index (χ1) is 18.5. The Balaban J connectivity index is 2.25. The van der Waals surface area contributed by atoms with Gasteiger partial charge in [-0.3, -0.25) is 8.42 Å². The molecule has 0 bridgehead atoms. The van der Waals surface area contributed by atoms with E-state index in [-0.39, 0.29) is 5.75 Å². The predicted octanol–water partition coefficient (Wildman–Crippen LogP) is 10.0. The standard InChI is InChI=1S/C33H60O3S2/c1-4-6-8-10-12-14-16-18-20-22-24-37(35)28-31-26-30(3)33(34)32(27-31)29-38(36)25-23-21-19-17-15-13-11-9-7-5-2/h26-27,34H,4-25,28-29H2,1-3H3. The smallest absolute Gasteiger partial charge is 0.122 e. The van der Waals surface area contributed by atoms with E-state index in [2.05, 4.69) is 13.8 Å². The number of aromatic hydroxyl groups is 1. The average Bonchev–Trinajstić information content (AvgIpc) is 2.89. The summed E-state index contributed by atoms with van der Waals surface area (Å²) in [5, 5.41) is 10.5. The molecule has 5 heteroatoms. The Kier molecular flexibility index (Phi) is 22.5. The fourth-order valence-electron chi connectivity index (χ4n) is 5.13. The molecule has 0 fully saturated rings. The van der Waals surface area contributed by atoms with Crippen LogP contribution in [-0.2, 0) is 33.1 Å². The van der Waals surface area contributed by atoms with E-state index in [0.29, 0.717) is 17.3 Å². The van der Waals surface area contributed by atoms with E-state index in [1.54, 1.807) is 0 Å². The summed E-state index contributed by atoms with van der Waals surface area (Å²) >= 11 is 0. The van der Waals surface area contributed by atoms with Gasteiger partial charge in [0.2, 0.25) is 0 Å². The fourth-order valence-corrected chi connectivity index (χ4v) is 7.58. The summed E-state index contributed by atoms with van der Waals surface area (Å²) in [4.78, 5) is 0. The average molecular weight is 569 g/mol. The Bertz CT molecular complexity index is 763. The Morgan fingerprint density at radius 1 is 0.553 bits per heavy atom. The van der Waals surface area contributed by atoms with Crippen molar-refractivity contribution in [2.75, 3.05) is 11.5 Å². The molecular weight excluding hydrogens is 508 g/mol. The lowest BCUT2D eigenvalue weighted by molar-refractivity contribution is 0.466. The van der Waals surface area contributed by atoms with Gasteiger partial charge in [0.05, 0.1) is 5.75 Å². The molecule has 0 spiro atoms. The van der Waals surface area contributed by atoms with Gasteiger partial charge in [0.15, 0.2) is 0 Å². The van der Waals surface area contributed by atoms with Crippen LogP contribution in [0.1, 0.15) is 159 Å². The van der Waals surface area contributed by atoms with Crippen LogP contribution in [0, 0.1) is 6.92 Å². The van der Waals surface area contributed by atoms with E-state index in [0.717, 1.165) is 41.7 Å². The lowest BCUT2D eigenvalue weighted by Crippen LogP contribution is -2.05. The van der Waals surface area contributed by atoms with Gasteiger partial charge >= 0.3 is 0 Å². The summed E-state index contributed by atoms with van der Waals surface area (Å²) in [6.45, 7) is 6.40. The summed E-state index contributed by atoms with van der Waals surface area (Å²) in [6, 6.07) is 3.88. The molecule has 1 N–H and O–H groups in total. The Labute approximate surface area is 241 Å². The minimum Gasteiger partial charge on any atom is -0.507 e. The number of aryl methyl sites for hydroxylation is 1. The molecule has 0 aliphatic carbocycles. The maximum Gasteiger partial charge on any atom is 0.122 e. The third-order valence-corrected chi connectivity index (χ3v) is 10.3. The molecule has 1 aromatic carbocycles. The highest BCUT2D eigenvalue weighted by Gasteiger charge is 2.12. The molecule has 0 aliphatic heterocycles. The number of benzene rings is 1. The van der Waals surface area contributed by atoms with Crippen molar-refractivity contribution in [1.82, 2.24) is 0 Å². The van der Waals surface area contributed by atoms with Gasteiger partial charge in [-0.05, 0) is 30.9 Å². The minimum atomic E-state index is -0.971. The van der Waals surface area contributed by atoms with Crippen molar-refractivity contribution in [3.63, 3.8) is 0 Å². The Morgan fingerprint density at radius 3 is 1.34 bits per heavy atom. The lowest BCUT2D eigenvalue weighted by Gasteiger charge is -2.11. The van der Waals surface area contributed by atoms with E-state index in [1.165, 1.54) is 109 Å². The maximum atomic E-state index is 12.7. The van der Waals surface area contributed by atoms with Gasteiger partial charge in [0.25, 0.3) is 0 Å². The van der Waals surface area contributed by atoms with Crippen LogP contribution < -0.4 is 0 Å². The van der Waals surface area contributed by atoms with Crippen LogP contribution >= 0.6 is 0 Å². The van der Waals surface area contributed by atoms with Crippen LogP contribution in [0.2, 0.25) is 0 Å². The Hall–Kier alpha value is -0.680. The first-order valence-corrected chi connectivity index (χ1v) is 19.0. The van der Waals surface area contributed by atoms with E-state index in [1.807, 2.05) is 19.1 Å². The molecule has 0 heterocycles. The van der Waals surface area contributed by atoms with Crippen molar-refractivity contribution in [1.29, 1.82) is 0 Å². The summed E-state index contributed by atoms with van der Waals surface area (Å²) in [7, 11) is -1.86. The van der Waals surface area contributed by atoms with Crippen molar-refractivity contribution < 1.29 is 13.5 Å². The topological polar surface area (TPSA) is 54.4 Å². The summed E-state index contributed by atoms with van der Waals surface area (Å²) < 4.78 is 25.4. The third-order valence-electron chi connectivity index (χ3n) is 7.53. The maximum absolute atomic E-state index is 12.7. The highest BCUT2D eigenvalue weighted by atomic mass is 32.2. The third kappa shape index (κ3) is 18.6. The Morgan fingerprint density at radius 2 is 0.921 bits per heavy atom. The molecule has 0 saturated heterocycles. The number of hydrogen-bond donors (Lipinski definition) is 1. The molecule has 0 amide bonds. The van der Waals surface area contributed by atoms with Gasteiger partial charge in [0.1, 0.15) is 5.75 Å². The number of phenolic OH excluding ortho intramolecular Hbond substituents is 1. The summed E-state index contributed by atoms with van der Waals surface area (Å²) in [5.41, 5.74) is 2.54. The van der Waals surface area contributed by atoms with E-state index >= 15 is 0 Å². The molecular formula is C33H60O3S2. The molecule has 0 aromatic heterocycles. The van der Waals surface area contributed by atoms with Crippen LogP contribution in [0.3, 0.4) is 0 Å².